The molecule has 1 aliphatic heterocycles. The molecule has 0 spiro atoms. The van der Waals surface area contributed by atoms with Crippen molar-refractivity contribution in [2.45, 2.75) is 26.2 Å². The zero-order chi connectivity index (χ0) is 13.4. The van der Waals surface area contributed by atoms with Crippen LogP contribution in [0.15, 0.2) is 36.5 Å². The Balaban J connectivity index is 1.98. The Labute approximate surface area is 112 Å². The van der Waals surface area contributed by atoms with Gasteiger partial charge in [-0.15, -0.1) is 0 Å². The van der Waals surface area contributed by atoms with E-state index in [1.807, 2.05) is 31.2 Å². The first kappa shape index (κ1) is 11.9. The van der Waals surface area contributed by atoms with Crippen molar-refractivity contribution < 1.29 is 9.53 Å². The first-order chi connectivity index (χ1) is 9.15. The molecule has 2 heterocycles. The molecular formula is C16H15NO2. The van der Waals surface area contributed by atoms with Gasteiger partial charge in [0.05, 0.1) is 0 Å². The summed E-state index contributed by atoms with van der Waals surface area (Å²) in [5.41, 5.74) is 3.25. The van der Waals surface area contributed by atoms with Crippen LogP contribution in [0.3, 0.4) is 0 Å². The quantitative estimate of drug-likeness (QED) is 0.702. The Kier molecular flexibility index (Phi) is 2.82. The van der Waals surface area contributed by atoms with E-state index in [1.165, 1.54) is 0 Å². The van der Waals surface area contributed by atoms with Crippen molar-refractivity contribution in [1.29, 1.82) is 0 Å². The van der Waals surface area contributed by atoms with Crippen LogP contribution >= 0.6 is 0 Å². The van der Waals surface area contributed by atoms with Gasteiger partial charge < -0.3 is 4.74 Å². The summed E-state index contributed by atoms with van der Waals surface area (Å²) < 4.78 is 5.78. The van der Waals surface area contributed by atoms with Gasteiger partial charge in [0.1, 0.15) is 11.5 Å². The van der Waals surface area contributed by atoms with Gasteiger partial charge >= 0.3 is 0 Å². The molecule has 0 aliphatic carbocycles. The van der Waals surface area contributed by atoms with E-state index in [9.17, 15) is 4.79 Å². The maximum Gasteiger partial charge on any atom is 0.222 e. The highest BCUT2D eigenvalue weighted by molar-refractivity contribution is 5.83. The number of carbonyl (C=O) groups excluding carboxylic acids is 1. The maximum atomic E-state index is 11.5. The highest BCUT2D eigenvalue weighted by Crippen LogP contribution is 2.36. The molecule has 1 atom stereocenters. The number of nitrogens with zero attached hydrogens (tertiary/aromatic N) is 1. The summed E-state index contributed by atoms with van der Waals surface area (Å²) in [6.07, 6.45) is 2.53. The summed E-state index contributed by atoms with van der Waals surface area (Å²) in [6.45, 7) is 3.56. The SMILES string of the molecule is CC(=O)[C@H](C)c1ccc2c(c1)Cc1cccnc1O2. The van der Waals surface area contributed by atoms with Crippen LogP contribution in [-0.2, 0) is 11.2 Å². The van der Waals surface area contributed by atoms with Gasteiger partial charge in [0.2, 0.25) is 5.88 Å². The maximum absolute atomic E-state index is 11.5. The predicted octanol–water partition coefficient (Wildman–Crippen LogP) is 3.47. The Morgan fingerprint density at radius 3 is 2.95 bits per heavy atom. The molecule has 3 nitrogen and oxygen atoms in total. The molecule has 1 aliphatic rings. The number of pyridine rings is 1. The molecule has 1 aromatic carbocycles. The second-order valence-corrected chi connectivity index (χ2v) is 4.95. The Bertz CT molecular complexity index is 649. The highest BCUT2D eigenvalue weighted by atomic mass is 16.5. The average molecular weight is 253 g/mol. The third-order valence-corrected chi connectivity index (χ3v) is 3.63. The minimum Gasteiger partial charge on any atom is -0.438 e. The monoisotopic (exact) mass is 253 g/mol. The topological polar surface area (TPSA) is 39.2 Å². The number of ether oxygens (including phenoxy) is 1. The van der Waals surface area contributed by atoms with Crippen LogP contribution in [0.4, 0.5) is 0 Å². The molecule has 2 aromatic rings. The van der Waals surface area contributed by atoms with E-state index in [1.54, 1.807) is 13.1 Å². The second-order valence-electron chi connectivity index (χ2n) is 4.95. The van der Waals surface area contributed by atoms with Crippen LogP contribution in [0.2, 0.25) is 0 Å². The van der Waals surface area contributed by atoms with Crippen molar-refractivity contribution in [1.82, 2.24) is 4.98 Å². The zero-order valence-corrected chi connectivity index (χ0v) is 11.0. The van der Waals surface area contributed by atoms with Crippen molar-refractivity contribution in [2.75, 3.05) is 0 Å². The van der Waals surface area contributed by atoms with E-state index in [4.69, 9.17) is 4.74 Å². The lowest BCUT2D eigenvalue weighted by Gasteiger charge is -2.20. The van der Waals surface area contributed by atoms with Crippen molar-refractivity contribution in [3.63, 3.8) is 0 Å². The van der Waals surface area contributed by atoms with Crippen molar-refractivity contribution in [3.8, 4) is 11.6 Å². The molecule has 0 saturated heterocycles. The van der Waals surface area contributed by atoms with E-state index in [-0.39, 0.29) is 11.7 Å². The molecule has 3 heteroatoms. The number of hydrogen-bond acceptors (Lipinski definition) is 3. The van der Waals surface area contributed by atoms with E-state index in [2.05, 4.69) is 11.1 Å². The van der Waals surface area contributed by atoms with Crippen LogP contribution in [0.5, 0.6) is 11.6 Å². The Morgan fingerprint density at radius 2 is 2.16 bits per heavy atom. The highest BCUT2D eigenvalue weighted by Gasteiger charge is 2.19. The first-order valence-corrected chi connectivity index (χ1v) is 6.40. The third-order valence-electron chi connectivity index (χ3n) is 3.63. The second kappa shape index (κ2) is 4.50. The van der Waals surface area contributed by atoms with Crippen LogP contribution in [0.25, 0.3) is 0 Å². The smallest absolute Gasteiger partial charge is 0.222 e. The zero-order valence-electron chi connectivity index (χ0n) is 11.0. The van der Waals surface area contributed by atoms with Crippen LogP contribution < -0.4 is 4.74 Å². The van der Waals surface area contributed by atoms with Crippen LogP contribution in [0, 0.1) is 0 Å². The number of rotatable bonds is 2. The molecule has 0 radical (unpaired) electrons. The molecule has 3 rings (SSSR count). The minimum atomic E-state index is -0.0689. The summed E-state index contributed by atoms with van der Waals surface area (Å²) in [5.74, 6) is 1.63. The number of ketones is 1. The largest absolute Gasteiger partial charge is 0.438 e. The number of fused-ring (bicyclic) bond motifs is 2. The standard InChI is InChI=1S/C16H15NO2/c1-10(11(2)18)12-5-6-15-14(8-12)9-13-4-3-7-17-16(13)19-15/h3-8,10H,9H2,1-2H3/t10-/m0/s1. The normalized spacial score (nSPS) is 14.0. The summed E-state index contributed by atoms with van der Waals surface area (Å²) in [6, 6.07) is 9.89. The van der Waals surface area contributed by atoms with E-state index >= 15 is 0 Å². The summed E-state index contributed by atoms with van der Waals surface area (Å²) in [5, 5.41) is 0. The van der Waals surface area contributed by atoms with Crippen molar-refractivity contribution in [3.05, 3.63) is 53.2 Å². The molecule has 0 amide bonds. The van der Waals surface area contributed by atoms with E-state index in [0.29, 0.717) is 5.88 Å². The Morgan fingerprint density at radius 1 is 1.32 bits per heavy atom. The summed E-state index contributed by atoms with van der Waals surface area (Å²) in [7, 11) is 0. The number of aromatic nitrogens is 1. The van der Waals surface area contributed by atoms with E-state index < -0.39 is 0 Å². The van der Waals surface area contributed by atoms with Gasteiger partial charge in [-0.2, -0.15) is 0 Å². The summed E-state index contributed by atoms with van der Waals surface area (Å²) >= 11 is 0. The fraction of sp³-hybridized carbons (Fsp3) is 0.250. The summed E-state index contributed by atoms with van der Waals surface area (Å²) in [4.78, 5) is 15.7. The molecule has 1 aromatic heterocycles. The van der Waals surface area contributed by atoms with Gasteiger partial charge in [-0.1, -0.05) is 25.1 Å². The van der Waals surface area contributed by atoms with Gasteiger partial charge in [0.15, 0.2) is 0 Å². The molecule has 19 heavy (non-hydrogen) atoms. The van der Waals surface area contributed by atoms with E-state index in [0.717, 1.165) is 28.9 Å². The fourth-order valence-electron chi connectivity index (χ4n) is 2.30. The number of hydrogen-bond donors (Lipinski definition) is 0. The molecule has 0 saturated carbocycles. The third kappa shape index (κ3) is 2.12. The first-order valence-electron chi connectivity index (χ1n) is 6.40. The fourth-order valence-corrected chi connectivity index (χ4v) is 2.30. The Hall–Kier alpha value is -2.16. The number of benzene rings is 1. The predicted molar refractivity (Wildman–Crippen MR) is 72.7 cm³/mol. The van der Waals surface area contributed by atoms with Gasteiger partial charge in [0, 0.05) is 24.1 Å². The molecule has 0 fully saturated rings. The average Bonchev–Trinajstić information content (AvgIpc) is 2.43. The van der Waals surface area contributed by atoms with Crippen molar-refractivity contribution >= 4 is 5.78 Å². The van der Waals surface area contributed by atoms with Crippen LogP contribution in [-0.4, -0.2) is 10.8 Å². The van der Waals surface area contributed by atoms with Crippen molar-refractivity contribution in [2.24, 2.45) is 0 Å². The lowest BCUT2D eigenvalue weighted by atomic mass is 9.93. The van der Waals surface area contributed by atoms with Gasteiger partial charge in [-0.25, -0.2) is 4.98 Å². The van der Waals surface area contributed by atoms with Crippen LogP contribution in [0.1, 0.15) is 36.5 Å². The van der Waals surface area contributed by atoms with Gasteiger partial charge in [-0.3, -0.25) is 4.79 Å². The lowest BCUT2D eigenvalue weighted by Crippen LogP contribution is -2.08. The minimum absolute atomic E-state index is 0.0689. The number of carbonyl (C=O) groups is 1. The molecule has 0 bridgehead atoms. The lowest BCUT2D eigenvalue weighted by molar-refractivity contribution is -0.118. The number of Topliss-reactive ketones (excluding diaryl/α,β-unsaturated/α-hetero) is 1. The van der Waals surface area contributed by atoms with Gasteiger partial charge in [0.25, 0.3) is 0 Å². The molecule has 0 unspecified atom stereocenters. The van der Waals surface area contributed by atoms with Gasteiger partial charge in [-0.05, 0) is 30.2 Å². The molecule has 0 N–H and O–H groups in total. The molecule has 96 valence electrons. The molecular weight excluding hydrogens is 238 g/mol.